The fourth-order valence-corrected chi connectivity index (χ4v) is 1.73. The lowest BCUT2D eigenvalue weighted by molar-refractivity contribution is 0.829. The molecule has 2 N–H and O–H groups in total. The molecule has 16 heavy (non-hydrogen) atoms. The Hall–Kier alpha value is -2.17. The van der Waals surface area contributed by atoms with E-state index in [4.69, 9.17) is 5.73 Å². The molecule has 80 valence electrons. The van der Waals surface area contributed by atoms with Crippen LogP contribution in [0.4, 0.5) is 5.82 Å². The maximum Gasteiger partial charge on any atom is 0.169 e. The number of nitrogen functional groups attached to an aromatic ring is 1. The number of rotatable bonds is 1. The monoisotopic (exact) mass is 213 g/mol. The summed E-state index contributed by atoms with van der Waals surface area (Å²) in [6, 6.07) is 0. The second-order valence-electron chi connectivity index (χ2n) is 3.84. The average molecular weight is 213 g/mol. The standard InChI is InChI=1S/C11H11N5/c1-7-2-3-8(7)4-16-6-15-9-10(12)13-5-14-11(9)16/h4-6H,1-3H2,(H2,12,13,14)/b8-4+. The number of hydrogen-bond acceptors (Lipinski definition) is 4. The summed E-state index contributed by atoms with van der Waals surface area (Å²) in [4.78, 5) is 12.3. The van der Waals surface area contributed by atoms with Gasteiger partial charge in [-0.25, -0.2) is 15.0 Å². The third-order valence-electron chi connectivity index (χ3n) is 2.83. The summed E-state index contributed by atoms with van der Waals surface area (Å²) in [6.07, 6.45) is 7.31. The van der Waals surface area contributed by atoms with E-state index in [0.29, 0.717) is 11.3 Å². The van der Waals surface area contributed by atoms with Gasteiger partial charge in [0.25, 0.3) is 0 Å². The molecule has 0 aromatic carbocycles. The summed E-state index contributed by atoms with van der Waals surface area (Å²) in [5.74, 6) is 0.412. The number of imidazole rings is 1. The molecule has 0 atom stereocenters. The summed E-state index contributed by atoms with van der Waals surface area (Å²) in [5.41, 5.74) is 9.52. The van der Waals surface area contributed by atoms with Crippen molar-refractivity contribution in [2.24, 2.45) is 0 Å². The quantitative estimate of drug-likeness (QED) is 0.781. The van der Waals surface area contributed by atoms with E-state index in [-0.39, 0.29) is 0 Å². The number of anilines is 1. The summed E-state index contributed by atoms with van der Waals surface area (Å²) in [6.45, 7) is 3.96. The van der Waals surface area contributed by atoms with Gasteiger partial charge < -0.3 is 5.73 Å². The molecule has 1 fully saturated rings. The SMILES string of the molecule is C=C1CC/C1=C\n1cnc2c(N)ncnc21. The summed E-state index contributed by atoms with van der Waals surface area (Å²) >= 11 is 0. The van der Waals surface area contributed by atoms with Crippen LogP contribution in [0.5, 0.6) is 0 Å². The molecule has 1 aliphatic carbocycles. The van der Waals surface area contributed by atoms with E-state index in [0.717, 1.165) is 18.5 Å². The smallest absolute Gasteiger partial charge is 0.169 e. The molecule has 0 aliphatic heterocycles. The molecule has 5 heteroatoms. The van der Waals surface area contributed by atoms with Gasteiger partial charge in [0.05, 0.1) is 0 Å². The summed E-state index contributed by atoms with van der Waals surface area (Å²) < 4.78 is 1.87. The van der Waals surface area contributed by atoms with E-state index in [1.165, 1.54) is 17.5 Å². The van der Waals surface area contributed by atoms with Crippen LogP contribution in [0.25, 0.3) is 17.4 Å². The highest BCUT2D eigenvalue weighted by Crippen LogP contribution is 2.31. The van der Waals surface area contributed by atoms with E-state index in [9.17, 15) is 0 Å². The number of aromatic nitrogens is 4. The lowest BCUT2D eigenvalue weighted by Gasteiger charge is -2.19. The highest BCUT2D eigenvalue weighted by molar-refractivity contribution is 5.82. The van der Waals surface area contributed by atoms with Crippen molar-refractivity contribution in [2.45, 2.75) is 12.8 Å². The van der Waals surface area contributed by atoms with Crippen molar-refractivity contribution in [2.75, 3.05) is 5.73 Å². The van der Waals surface area contributed by atoms with Crippen LogP contribution in [0.15, 0.2) is 30.4 Å². The van der Waals surface area contributed by atoms with E-state index >= 15 is 0 Å². The van der Waals surface area contributed by atoms with Crippen molar-refractivity contribution in [3.63, 3.8) is 0 Å². The Morgan fingerprint density at radius 3 is 2.88 bits per heavy atom. The number of fused-ring (bicyclic) bond motifs is 1. The lowest BCUT2D eigenvalue weighted by atomic mass is 9.88. The second-order valence-corrected chi connectivity index (χ2v) is 3.84. The third-order valence-corrected chi connectivity index (χ3v) is 2.83. The van der Waals surface area contributed by atoms with E-state index in [1.807, 2.05) is 10.8 Å². The van der Waals surface area contributed by atoms with Gasteiger partial charge in [-0.05, 0) is 18.4 Å². The molecular formula is C11H11N5. The maximum absolute atomic E-state index is 5.71. The van der Waals surface area contributed by atoms with Gasteiger partial charge in [-0.3, -0.25) is 4.57 Å². The van der Waals surface area contributed by atoms with Crippen molar-refractivity contribution in [3.8, 4) is 0 Å². The molecular weight excluding hydrogens is 202 g/mol. The Labute approximate surface area is 92.3 Å². The van der Waals surface area contributed by atoms with Crippen molar-refractivity contribution in [3.05, 3.63) is 30.4 Å². The van der Waals surface area contributed by atoms with E-state index < -0.39 is 0 Å². The average Bonchev–Trinajstić information content (AvgIpc) is 2.69. The molecule has 2 aromatic heterocycles. The van der Waals surface area contributed by atoms with Gasteiger partial charge >= 0.3 is 0 Å². The van der Waals surface area contributed by atoms with Gasteiger partial charge in [0.1, 0.15) is 12.7 Å². The van der Waals surface area contributed by atoms with Crippen LogP contribution in [0, 0.1) is 0 Å². The van der Waals surface area contributed by atoms with Crippen LogP contribution in [-0.2, 0) is 0 Å². The summed E-state index contributed by atoms with van der Waals surface area (Å²) in [5, 5.41) is 0. The zero-order valence-corrected chi connectivity index (χ0v) is 8.72. The first kappa shape index (κ1) is 9.08. The largest absolute Gasteiger partial charge is 0.382 e. The Balaban J connectivity index is 2.15. The van der Waals surface area contributed by atoms with Crippen LogP contribution in [0.2, 0.25) is 0 Å². The Morgan fingerprint density at radius 2 is 2.19 bits per heavy atom. The fourth-order valence-electron chi connectivity index (χ4n) is 1.73. The van der Waals surface area contributed by atoms with Crippen LogP contribution >= 0.6 is 0 Å². The first-order chi connectivity index (χ1) is 7.75. The van der Waals surface area contributed by atoms with Crippen molar-refractivity contribution in [1.29, 1.82) is 0 Å². The highest BCUT2D eigenvalue weighted by atomic mass is 15.1. The molecule has 0 spiro atoms. The lowest BCUT2D eigenvalue weighted by Crippen LogP contribution is -2.03. The zero-order chi connectivity index (χ0) is 11.1. The minimum absolute atomic E-state index is 0.412. The Morgan fingerprint density at radius 1 is 1.31 bits per heavy atom. The molecule has 2 aromatic rings. The van der Waals surface area contributed by atoms with Gasteiger partial charge in [0, 0.05) is 6.20 Å². The first-order valence-electron chi connectivity index (χ1n) is 5.07. The van der Waals surface area contributed by atoms with E-state index in [1.54, 1.807) is 6.33 Å². The van der Waals surface area contributed by atoms with Crippen molar-refractivity contribution >= 4 is 23.2 Å². The molecule has 0 radical (unpaired) electrons. The van der Waals surface area contributed by atoms with Crippen LogP contribution in [0.3, 0.4) is 0 Å². The van der Waals surface area contributed by atoms with Gasteiger partial charge in [-0.15, -0.1) is 0 Å². The molecule has 1 saturated carbocycles. The maximum atomic E-state index is 5.71. The minimum atomic E-state index is 0.412. The highest BCUT2D eigenvalue weighted by Gasteiger charge is 2.14. The predicted molar refractivity (Wildman–Crippen MR) is 62.4 cm³/mol. The second kappa shape index (κ2) is 3.16. The zero-order valence-electron chi connectivity index (χ0n) is 8.72. The Kier molecular flexibility index (Phi) is 1.80. The van der Waals surface area contributed by atoms with Crippen molar-refractivity contribution in [1.82, 2.24) is 19.5 Å². The molecule has 3 rings (SSSR count). The Bertz CT molecular complexity index is 608. The van der Waals surface area contributed by atoms with Crippen molar-refractivity contribution < 1.29 is 0 Å². The van der Waals surface area contributed by atoms with Gasteiger partial charge in [-0.1, -0.05) is 12.2 Å². The van der Waals surface area contributed by atoms with Crippen LogP contribution < -0.4 is 5.73 Å². The van der Waals surface area contributed by atoms with Gasteiger partial charge in [-0.2, -0.15) is 0 Å². The molecule has 0 amide bonds. The van der Waals surface area contributed by atoms with Gasteiger partial charge in [0.2, 0.25) is 0 Å². The van der Waals surface area contributed by atoms with Crippen LogP contribution in [0.1, 0.15) is 12.8 Å². The summed E-state index contributed by atoms with van der Waals surface area (Å²) in [7, 11) is 0. The molecule has 0 saturated heterocycles. The fraction of sp³-hybridized carbons (Fsp3) is 0.182. The number of nitrogens with two attached hydrogens (primary N) is 1. The normalized spacial score (nSPS) is 18.0. The molecule has 5 nitrogen and oxygen atoms in total. The van der Waals surface area contributed by atoms with Gasteiger partial charge in [0.15, 0.2) is 17.0 Å². The van der Waals surface area contributed by atoms with Crippen LogP contribution in [-0.4, -0.2) is 19.5 Å². The van der Waals surface area contributed by atoms with E-state index in [2.05, 4.69) is 21.5 Å². The predicted octanol–water partition coefficient (Wildman–Crippen LogP) is 1.60. The topological polar surface area (TPSA) is 69.6 Å². The molecule has 2 heterocycles. The molecule has 1 aliphatic rings. The first-order valence-corrected chi connectivity index (χ1v) is 5.07. The number of allylic oxidation sites excluding steroid dienone is 2. The number of hydrogen-bond donors (Lipinski definition) is 1. The minimum Gasteiger partial charge on any atom is -0.382 e. The molecule has 0 bridgehead atoms. The number of nitrogens with zero attached hydrogens (tertiary/aromatic N) is 4. The molecule has 0 unspecified atom stereocenters. The third kappa shape index (κ3) is 1.21.